The van der Waals surface area contributed by atoms with Crippen molar-refractivity contribution in [3.05, 3.63) is 34.3 Å². The molecule has 0 saturated heterocycles. The quantitative estimate of drug-likeness (QED) is 0.808. The summed E-state index contributed by atoms with van der Waals surface area (Å²) >= 11 is 7.89. The van der Waals surface area contributed by atoms with Gasteiger partial charge in [0.05, 0.1) is 12.7 Å². The number of ether oxygens (including phenoxy) is 2. The third kappa shape index (κ3) is 4.51. The zero-order valence-corrected chi connectivity index (χ0v) is 13.9. The molecule has 0 atom stereocenters. The predicted molar refractivity (Wildman–Crippen MR) is 87.8 cm³/mol. The summed E-state index contributed by atoms with van der Waals surface area (Å²) < 4.78 is 11.4. The average molecular weight is 327 g/mol. The highest BCUT2D eigenvalue weighted by Gasteiger charge is 2.12. The van der Waals surface area contributed by atoms with Gasteiger partial charge >= 0.3 is 0 Å². The molecule has 21 heavy (non-hydrogen) atoms. The molecule has 6 heteroatoms. The lowest BCUT2D eigenvalue weighted by atomic mass is 10.2. The first kappa shape index (κ1) is 15.9. The lowest BCUT2D eigenvalue weighted by Crippen LogP contribution is -2.08. The Morgan fingerprint density at radius 3 is 2.76 bits per heavy atom. The van der Waals surface area contributed by atoms with Crippen molar-refractivity contribution in [1.82, 2.24) is 4.98 Å². The van der Waals surface area contributed by atoms with Crippen LogP contribution in [0, 0.1) is 0 Å². The molecular formula is C15H19ClN2O2S. The molecule has 0 unspecified atom stereocenters. The lowest BCUT2D eigenvalue weighted by Gasteiger charge is -2.17. The van der Waals surface area contributed by atoms with Crippen LogP contribution >= 0.6 is 22.9 Å². The van der Waals surface area contributed by atoms with E-state index in [0.29, 0.717) is 29.7 Å². The average Bonchev–Trinajstić information content (AvgIpc) is 2.93. The summed E-state index contributed by atoms with van der Waals surface area (Å²) in [5, 5.41) is 6.68. The first-order valence-electron chi connectivity index (χ1n) is 6.85. The van der Waals surface area contributed by atoms with Crippen LogP contribution in [0.15, 0.2) is 23.7 Å². The van der Waals surface area contributed by atoms with Crippen LogP contribution in [0.5, 0.6) is 11.5 Å². The molecule has 114 valence electrons. The Labute approximate surface area is 134 Å². The van der Waals surface area contributed by atoms with Gasteiger partial charge in [0.2, 0.25) is 0 Å². The molecule has 4 nitrogen and oxygen atoms in total. The highest BCUT2D eigenvalue weighted by molar-refractivity contribution is 7.13. The first-order chi connectivity index (χ1) is 10.1. The number of rotatable bonds is 7. The monoisotopic (exact) mass is 326 g/mol. The molecule has 1 aromatic carbocycles. The zero-order valence-electron chi connectivity index (χ0n) is 12.4. The molecule has 0 aliphatic heterocycles. The number of nitrogens with one attached hydrogen (secondary N) is 1. The van der Waals surface area contributed by atoms with Gasteiger partial charge in [-0.05, 0) is 32.4 Å². The second-order valence-electron chi connectivity index (χ2n) is 4.68. The van der Waals surface area contributed by atoms with Crippen molar-refractivity contribution in [3.8, 4) is 11.5 Å². The van der Waals surface area contributed by atoms with Gasteiger partial charge in [-0.3, -0.25) is 0 Å². The number of hydrogen-bond donors (Lipinski definition) is 1. The van der Waals surface area contributed by atoms with Crippen LogP contribution in [0.4, 0.5) is 5.13 Å². The molecule has 0 spiro atoms. The van der Waals surface area contributed by atoms with Crippen molar-refractivity contribution >= 4 is 28.1 Å². The van der Waals surface area contributed by atoms with Gasteiger partial charge in [0.15, 0.2) is 16.6 Å². The molecule has 0 fully saturated rings. The van der Waals surface area contributed by atoms with Crippen molar-refractivity contribution in [1.29, 1.82) is 0 Å². The predicted octanol–water partition coefficient (Wildman–Crippen LogP) is 4.59. The standard InChI is InChI=1S/C15H19ClN2O2S/c1-4-19-13-7-11(9-18-15-17-5-6-21-15)12(16)8-14(13)20-10(2)3/h5-8,10H,4,9H2,1-3H3,(H,17,18). The number of hydrogen-bond acceptors (Lipinski definition) is 5. The van der Waals surface area contributed by atoms with Crippen LogP contribution in [-0.4, -0.2) is 17.7 Å². The summed E-state index contributed by atoms with van der Waals surface area (Å²) in [5.41, 5.74) is 0.950. The van der Waals surface area contributed by atoms with Crippen LogP contribution in [0.1, 0.15) is 26.3 Å². The van der Waals surface area contributed by atoms with Gasteiger partial charge < -0.3 is 14.8 Å². The van der Waals surface area contributed by atoms with Crippen LogP contribution < -0.4 is 14.8 Å². The molecule has 1 heterocycles. The summed E-state index contributed by atoms with van der Waals surface area (Å²) in [7, 11) is 0. The minimum absolute atomic E-state index is 0.0690. The van der Waals surface area contributed by atoms with E-state index in [4.69, 9.17) is 21.1 Å². The maximum Gasteiger partial charge on any atom is 0.182 e. The Morgan fingerprint density at radius 2 is 2.14 bits per heavy atom. The highest BCUT2D eigenvalue weighted by Crippen LogP contribution is 2.34. The molecule has 0 aliphatic carbocycles. The summed E-state index contributed by atoms with van der Waals surface area (Å²) in [4.78, 5) is 4.19. The van der Waals surface area contributed by atoms with Gasteiger partial charge in [-0.25, -0.2) is 4.98 Å². The maximum absolute atomic E-state index is 6.33. The lowest BCUT2D eigenvalue weighted by molar-refractivity contribution is 0.224. The van der Waals surface area contributed by atoms with Gasteiger partial charge in [0.1, 0.15) is 0 Å². The Hall–Kier alpha value is -1.46. The molecule has 2 rings (SSSR count). The molecule has 1 N–H and O–H groups in total. The Morgan fingerprint density at radius 1 is 1.33 bits per heavy atom. The Kier molecular flexibility index (Phi) is 5.70. The summed E-state index contributed by atoms with van der Waals surface area (Å²) in [6.07, 6.45) is 1.83. The van der Waals surface area contributed by atoms with Gasteiger partial charge in [0, 0.05) is 29.2 Å². The fraction of sp³-hybridized carbons (Fsp3) is 0.400. The molecule has 1 aromatic heterocycles. The highest BCUT2D eigenvalue weighted by atomic mass is 35.5. The Bertz CT molecular complexity index is 573. The molecule has 0 radical (unpaired) electrons. The number of halogens is 1. The second-order valence-corrected chi connectivity index (χ2v) is 5.98. The van der Waals surface area contributed by atoms with Crippen molar-refractivity contribution < 1.29 is 9.47 Å². The van der Waals surface area contributed by atoms with Crippen LogP contribution in [-0.2, 0) is 6.54 Å². The van der Waals surface area contributed by atoms with E-state index in [1.165, 1.54) is 0 Å². The Balaban J connectivity index is 2.18. The van der Waals surface area contributed by atoms with E-state index in [-0.39, 0.29) is 6.10 Å². The van der Waals surface area contributed by atoms with E-state index in [9.17, 15) is 0 Å². The molecule has 0 aliphatic rings. The van der Waals surface area contributed by atoms with E-state index in [1.807, 2.05) is 38.3 Å². The molecular weight excluding hydrogens is 308 g/mol. The smallest absolute Gasteiger partial charge is 0.182 e. The molecule has 2 aromatic rings. The molecule has 0 saturated carbocycles. The van der Waals surface area contributed by atoms with Gasteiger partial charge in [-0.2, -0.15) is 0 Å². The topological polar surface area (TPSA) is 43.4 Å². The zero-order chi connectivity index (χ0) is 15.2. The van der Waals surface area contributed by atoms with E-state index in [0.717, 1.165) is 10.7 Å². The van der Waals surface area contributed by atoms with Gasteiger partial charge in [-0.15, -0.1) is 11.3 Å². The fourth-order valence-electron chi connectivity index (χ4n) is 1.81. The van der Waals surface area contributed by atoms with E-state index in [1.54, 1.807) is 17.5 Å². The molecule has 0 amide bonds. The van der Waals surface area contributed by atoms with Gasteiger partial charge in [0.25, 0.3) is 0 Å². The van der Waals surface area contributed by atoms with Gasteiger partial charge in [-0.1, -0.05) is 11.6 Å². The van der Waals surface area contributed by atoms with Crippen LogP contribution in [0.25, 0.3) is 0 Å². The van der Waals surface area contributed by atoms with Crippen molar-refractivity contribution in [2.75, 3.05) is 11.9 Å². The number of thiazole rings is 1. The second kappa shape index (κ2) is 7.52. The normalized spacial score (nSPS) is 10.7. The largest absolute Gasteiger partial charge is 0.490 e. The van der Waals surface area contributed by atoms with Crippen molar-refractivity contribution in [3.63, 3.8) is 0 Å². The fourth-order valence-corrected chi connectivity index (χ4v) is 2.56. The number of benzene rings is 1. The summed E-state index contributed by atoms with van der Waals surface area (Å²) in [6.45, 7) is 7.06. The maximum atomic E-state index is 6.33. The summed E-state index contributed by atoms with van der Waals surface area (Å²) in [6, 6.07) is 3.73. The SMILES string of the molecule is CCOc1cc(CNc2nccs2)c(Cl)cc1OC(C)C. The minimum Gasteiger partial charge on any atom is -0.490 e. The third-order valence-corrected chi connectivity index (χ3v) is 3.72. The van der Waals surface area contributed by atoms with E-state index >= 15 is 0 Å². The first-order valence-corrected chi connectivity index (χ1v) is 8.11. The van der Waals surface area contributed by atoms with Crippen molar-refractivity contribution in [2.24, 2.45) is 0 Å². The van der Waals surface area contributed by atoms with E-state index < -0.39 is 0 Å². The van der Waals surface area contributed by atoms with Crippen LogP contribution in [0.3, 0.4) is 0 Å². The number of aromatic nitrogens is 1. The summed E-state index contributed by atoms with van der Waals surface area (Å²) in [5.74, 6) is 1.39. The third-order valence-electron chi connectivity index (χ3n) is 2.64. The van der Waals surface area contributed by atoms with E-state index in [2.05, 4.69) is 10.3 Å². The minimum atomic E-state index is 0.0690. The molecule has 0 bridgehead atoms. The number of nitrogens with zero attached hydrogens (tertiary/aromatic N) is 1. The number of anilines is 1. The van der Waals surface area contributed by atoms with Crippen LogP contribution in [0.2, 0.25) is 5.02 Å². The van der Waals surface area contributed by atoms with Crippen molar-refractivity contribution in [2.45, 2.75) is 33.4 Å².